The molecule has 0 aliphatic carbocycles. The van der Waals surface area contributed by atoms with Gasteiger partial charge in [-0.2, -0.15) is 0 Å². The molecule has 0 N–H and O–H groups in total. The summed E-state index contributed by atoms with van der Waals surface area (Å²) in [5.74, 6) is 0.462. The molecule has 12 heavy (non-hydrogen) atoms. The van der Waals surface area contributed by atoms with Crippen LogP contribution in [0.25, 0.3) is 0 Å². The predicted molar refractivity (Wildman–Crippen MR) is 57.2 cm³/mol. The second kappa shape index (κ2) is 3.72. The first kappa shape index (κ1) is 9.95. The Labute approximate surface area is 86.7 Å². The molecule has 1 rings (SSSR count). The van der Waals surface area contributed by atoms with Crippen molar-refractivity contribution in [3.8, 4) is 0 Å². The number of hydrogen-bond acceptors (Lipinski definition) is 2. The van der Waals surface area contributed by atoms with Crippen molar-refractivity contribution in [2.45, 2.75) is 39.7 Å². The van der Waals surface area contributed by atoms with Crippen molar-refractivity contribution in [3.63, 3.8) is 0 Å². The molecule has 3 nitrogen and oxygen atoms in total. The van der Waals surface area contributed by atoms with Crippen molar-refractivity contribution in [1.29, 1.82) is 0 Å². The molecule has 0 atom stereocenters. The molecule has 1 aromatic rings. The van der Waals surface area contributed by atoms with Gasteiger partial charge in [0.25, 0.3) is 0 Å². The lowest BCUT2D eigenvalue weighted by Gasteiger charge is -2.06. The standard InChI is InChI=1S/C8H14IN3/c1-5(2)7-8(9)12(6(3)4)11-10-7/h5-6H,1-4H3. The molecule has 0 amide bonds. The summed E-state index contributed by atoms with van der Waals surface area (Å²) in [6.07, 6.45) is 0. The number of hydrogen-bond donors (Lipinski definition) is 0. The number of nitrogens with zero attached hydrogens (tertiary/aromatic N) is 3. The minimum atomic E-state index is 0.400. The molecule has 0 fully saturated rings. The van der Waals surface area contributed by atoms with E-state index in [1.165, 1.54) is 0 Å². The molecule has 0 saturated heterocycles. The van der Waals surface area contributed by atoms with E-state index >= 15 is 0 Å². The minimum absolute atomic E-state index is 0.400. The lowest BCUT2D eigenvalue weighted by Crippen LogP contribution is -2.05. The summed E-state index contributed by atoms with van der Waals surface area (Å²) in [5.41, 5.74) is 1.10. The van der Waals surface area contributed by atoms with Crippen molar-refractivity contribution < 1.29 is 0 Å². The highest BCUT2D eigenvalue weighted by Crippen LogP contribution is 2.20. The third kappa shape index (κ3) is 1.78. The summed E-state index contributed by atoms with van der Waals surface area (Å²) < 4.78 is 3.12. The van der Waals surface area contributed by atoms with Gasteiger partial charge in [-0.15, -0.1) is 5.10 Å². The molecule has 0 aromatic carbocycles. The second-order valence-electron chi connectivity index (χ2n) is 3.46. The largest absolute Gasteiger partial charge is 0.236 e. The highest BCUT2D eigenvalue weighted by Gasteiger charge is 2.14. The number of aromatic nitrogens is 3. The third-order valence-corrected chi connectivity index (χ3v) is 2.74. The average Bonchev–Trinajstić information content (AvgIpc) is 2.30. The van der Waals surface area contributed by atoms with Crippen molar-refractivity contribution in [2.75, 3.05) is 0 Å². The van der Waals surface area contributed by atoms with Gasteiger partial charge in [0.1, 0.15) is 3.70 Å². The van der Waals surface area contributed by atoms with Gasteiger partial charge in [0.05, 0.1) is 5.69 Å². The highest BCUT2D eigenvalue weighted by atomic mass is 127. The van der Waals surface area contributed by atoms with E-state index in [1.807, 2.05) is 4.68 Å². The molecule has 68 valence electrons. The predicted octanol–water partition coefficient (Wildman–Crippen LogP) is 2.59. The molecule has 0 aliphatic heterocycles. The Balaban J connectivity index is 3.04. The zero-order valence-corrected chi connectivity index (χ0v) is 10.0. The molecule has 0 aliphatic rings. The molecule has 0 unspecified atom stereocenters. The summed E-state index contributed by atoms with van der Waals surface area (Å²) in [7, 11) is 0. The van der Waals surface area contributed by atoms with Gasteiger partial charge in [0, 0.05) is 12.0 Å². The van der Waals surface area contributed by atoms with E-state index in [9.17, 15) is 0 Å². The lowest BCUT2D eigenvalue weighted by atomic mass is 10.2. The summed E-state index contributed by atoms with van der Waals surface area (Å²) in [4.78, 5) is 0. The van der Waals surface area contributed by atoms with E-state index in [0.717, 1.165) is 9.39 Å². The molecular weight excluding hydrogens is 265 g/mol. The van der Waals surface area contributed by atoms with E-state index in [1.54, 1.807) is 0 Å². The average molecular weight is 279 g/mol. The van der Waals surface area contributed by atoms with Gasteiger partial charge in [-0.1, -0.05) is 19.1 Å². The fraction of sp³-hybridized carbons (Fsp3) is 0.750. The van der Waals surface area contributed by atoms with Crippen molar-refractivity contribution in [2.24, 2.45) is 0 Å². The van der Waals surface area contributed by atoms with Crippen LogP contribution in [0.3, 0.4) is 0 Å². The lowest BCUT2D eigenvalue weighted by molar-refractivity contribution is 0.503. The number of rotatable bonds is 2. The second-order valence-corrected chi connectivity index (χ2v) is 4.48. The molecule has 1 heterocycles. The van der Waals surface area contributed by atoms with Crippen LogP contribution in [0, 0.1) is 3.70 Å². The quantitative estimate of drug-likeness (QED) is 0.779. The van der Waals surface area contributed by atoms with Crippen molar-refractivity contribution in [1.82, 2.24) is 15.0 Å². The molecule has 0 bridgehead atoms. The van der Waals surface area contributed by atoms with Crippen LogP contribution < -0.4 is 0 Å². The van der Waals surface area contributed by atoms with Crippen LogP contribution in [-0.4, -0.2) is 15.0 Å². The van der Waals surface area contributed by atoms with Crippen LogP contribution in [0.5, 0.6) is 0 Å². The summed E-state index contributed by atoms with van der Waals surface area (Å²) >= 11 is 2.30. The Morgan fingerprint density at radius 3 is 2.08 bits per heavy atom. The molecule has 1 aromatic heterocycles. The van der Waals surface area contributed by atoms with Crippen LogP contribution in [0.4, 0.5) is 0 Å². The molecular formula is C8H14IN3. The Kier molecular flexibility index (Phi) is 3.09. The maximum absolute atomic E-state index is 4.14. The summed E-state index contributed by atoms with van der Waals surface area (Å²) in [6.45, 7) is 8.50. The van der Waals surface area contributed by atoms with Crippen molar-refractivity contribution >= 4 is 22.6 Å². The van der Waals surface area contributed by atoms with Crippen molar-refractivity contribution in [3.05, 3.63) is 9.39 Å². The molecule has 0 saturated carbocycles. The van der Waals surface area contributed by atoms with Gasteiger partial charge in [-0.25, -0.2) is 4.68 Å². The van der Waals surface area contributed by atoms with E-state index < -0.39 is 0 Å². The van der Waals surface area contributed by atoms with Crippen LogP contribution in [0.1, 0.15) is 45.3 Å². The summed E-state index contributed by atoms with van der Waals surface area (Å²) in [5, 5.41) is 8.24. The van der Waals surface area contributed by atoms with Gasteiger partial charge >= 0.3 is 0 Å². The Morgan fingerprint density at radius 2 is 1.83 bits per heavy atom. The molecule has 4 heteroatoms. The van der Waals surface area contributed by atoms with E-state index in [4.69, 9.17) is 0 Å². The van der Waals surface area contributed by atoms with Gasteiger partial charge < -0.3 is 0 Å². The number of halogens is 1. The van der Waals surface area contributed by atoms with Gasteiger partial charge in [0.2, 0.25) is 0 Å². The highest BCUT2D eigenvalue weighted by molar-refractivity contribution is 14.1. The first-order chi connectivity index (χ1) is 5.54. The van der Waals surface area contributed by atoms with E-state index in [0.29, 0.717) is 12.0 Å². The zero-order chi connectivity index (χ0) is 9.30. The fourth-order valence-corrected chi connectivity index (χ4v) is 2.36. The normalized spacial score (nSPS) is 11.6. The van der Waals surface area contributed by atoms with E-state index in [-0.39, 0.29) is 0 Å². The topological polar surface area (TPSA) is 30.7 Å². The minimum Gasteiger partial charge on any atom is -0.236 e. The van der Waals surface area contributed by atoms with Crippen LogP contribution in [-0.2, 0) is 0 Å². The van der Waals surface area contributed by atoms with Gasteiger partial charge in [-0.3, -0.25) is 0 Å². The van der Waals surface area contributed by atoms with Crippen LogP contribution in [0.15, 0.2) is 0 Å². The van der Waals surface area contributed by atoms with Crippen LogP contribution in [0.2, 0.25) is 0 Å². The maximum atomic E-state index is 4.14. The van der Waals surface area contributed by atoms with E-state index in [2.05, 4.69) is 60.6 Å². The van der Waals surface area contributed by atoms with Gasteiger partial charge in [0.15, 0.2) is 0 Å². The Morgan fingerprint density at radius 1 is 1.25 bits per heavy atom. The zero-order valence-electron chi connectivity index (χ0n) is 7.87. The fourth-order valence-electron chi connectivity index (χ4n) is 0.978. The van der Waals surface area contributed by atoms with Crippen LogP contribution >= 0.6 is 22.6 Å². The summed E-state index contributed by atoms with van der Waals surface area (Å²) in [6, 6.07) is 0.400. The van der Waals surface area contributed by atoms with Gasteiger partial charge in [-0.05, 0) is 36.4 Å². The molecule has 0 spiro atoms. The Bertz CT molecular complexity index is 240. The molecule has 0 radical (unpaired) electrons. The monoisotopic (exact) mass is 279 g/mol. The maximum Gasteiger partial charge on any atom is 0.123 e. The Hall–Kier alpha value is -0.130. The first-order valence-corrected chi connectivity index (χ1v) is 5.22. The first-order valence-electron chi connectivity index (χ1n) is 4.14. The third-order valence-electron chi connectivity index (χ3n) is 1.70. The smallest absolute Gasteiger partial charge is 0.123 e. The SMILES string of the molecule is CC(C)c1nnn(C(C)C)c1I.